The number of hydrogen-bond acceptors (Lipinski definition) is 9. The van der Waals surface area contributed by atoms with Crippen LogP contribution in [0.5, 0.6) is 11.5 Å². The van der Waals surface area contributed by atoms with Crippen molar-refractivity contribution in [3.8, 4) is 11.5 Å². The van der Waals surface area contributed by atoms with Crippen LogP contribution < -0.4 is 25.8 Å². The Bertz CT molecular complexity index is 1040. The molecule has 0 spiro atoms. The van der Waals surface area contributed by atoms with Gasteiger partial charge in [-0.1, -0.05) is 17.7 Å². The van der Waals surface area contributed by atoms with Crippen molar-refractivity contribution in [2.75, 3.05) is 30.6 Å². The van der Waals surface area contributed by atoms with Gasteiger partial charge in [-0.3, -0.25) is 10.1 Å². The number of aryl methyl sites for hydroxylation is 1. The number of methoxy groups -OCH3 is 2. The van der Waals surface area contributed by atoms with Crippen molar-refractivity contribution >= 4 is 34.6 Å². The first-order chi connectivity index (χ1) is 13.9. The largest absolute Gasteiger partial charge is 0.497 e. The summed E-state index contributed by atoms with van der Waals surface area (Å²) in [6, 6.07) is 12.5. The first kappa shape index (κ1) is 19.7. The molecule has 150 valence electrons. The van der Waals surface area contributed by atoms with Gasteiger partial charge in [-0.25, -0.2) is 0 Å². The molecule has 0 amide bonds. The lowest BCUT2D eigenvalue weighted by Gasteiger charge is -2.13. The average Bonchev–Trinajstić information content (AvgIpc) is 2.69. The highest BCUT2D eigenvalue weighted by atomic mass is 16.6. The molecule has 4 N–H and O–H groups in total. The first-order valence-corrected chi connectivity index (χ1v) is 8.56. The second-order valence-electron chi connectivity index (χ2n) is 6.07. The molecule has 1 aromatic heterocycles. The van der Waals surface area contributed by atoms with Gasteiger partial charge >= 0.3 is 5.69 Å². The molecule has 0 unspecified atom stereocenters. The number of hydrogen-bond donors (Lipinski definition) is 3. The van der Waals surface area contributed by atoms with E-state index in [4.69, 9.17) is 15.2 Å². The monoisotopic (exact) mass is 396 g/mol. The molecule has 0 bridgehead atoms. The SMILES string of the molecule is COc1ccc(OC)c(Nc2nc(N)c([N+](=O)[O-])c(Nc3ccc(C)cc3)n2)c1. The van der Waals surface area contributed by atoms with Crippen LogP contribution in [0.2, 0.25) is 0 Å². The average molecular weight is 396 g/mol. The molecule has 0 aliphatic carbocycles. The van der Waals surface area contributed by atoms with Gasteiger partial charge < -0.3 is 25.8 Å². The molecule has 0 saturated heterocycles. The summed E-state index contributed by atoms with van der Waals surface area (Å²) >= 11 is 0. The predicted molar refractivity (Wildman–Crippen MR) is 110 cm³/mol. The molecule has 29 heavy (non-hydrogen) atoms. The fourth-order valence-electron chi connectivity index (χ4n) is 2.60. The van der Waals surface area contributed by atoms with Crippen LogP contribution in [0.15, 0.2) is 42.5 Å². The third-order valence-corrected chi connectivity index (χ3v) is 4.06. The van der Waals surface area contributed by atoms with E-state index in [0.717, 1.165) is 5.56 Å². The summed E-state index contributed by atoms with van der Waals surface area (Å²) in [5.41, 5.74) is 7.64. The number of ether oxygens (including phenoxy) is 2. The van der Waals surface area contributed by atoms with Crippen molar-refractivity contribution in [2.24, 2.45) is 0 Å². The second kappa shape index (κ2) is 8.30. The number of nitrogens with zero attached hydrogens (tertiary/aromatic N) is 3. The molecular formula is C19H20N6O4. The van der Waals surface area contributed by atoms with Gasteiger partial charge in [0.2, 0.25) is 17.6 Å². The second-order valence-corrected chi connectivity index (χ2v) is 6.07. The molecule has 3 aromatic rings. The lowest BCUT2D eigenvalue weighted by atomic mass is 10.2. The summed E-state index contributed by atoms with van der Waals surface area (Å²) in [7, 11) is 3.05. The van der Waals surface area contributed by atoms with Gasteiger partial charge in [0.15, 0.2) is 0 Å². The molecule has 0 fully saturated rings. The van der Waals surface area contributed by atoms with Crippen LogP contribution in [-0.2, 0) is 0 Å². The highest BCUT2D eigenvalue weighted by molar-refractivity contribution is 5.76. The van der Waals surface area contributed by atoms with Crippen LogP contribution in [0.3, 0.4) is 0 Å². The van der Waals surface area contributed by atoms with E-state index in [1.54, 1.807) is 30.3 Å². The Morgan fingerprint density at radius 1 is 1.03 bits per heavy atom. The van der Waals surface area contributed by atoms with Crippen molar-refractivity contribution in [3.63, 3.8) is 0 Å². The van der Waals surface area contributed by atoms with Gasteiger partial charge in [0.05, 0.1) is 24.8 Å². The summed E-state index contributed by atoms with van der Waals surface area (Å²) in [5, 5.41) is 17.4. The van der Waals surface area contributed by atoms with Gasteiger partial charge in [0.25, 0.3) is 0 Å². The molecule has 1 heterocycles. The van der Waals surface area contributed by atoms with Crippen molar-refractivity contribution in [1.82, 2.24) is 9.97 Å². The minimum atomic E-state index is -0.623. The van der Waals surface area contributed by atoms with Gasteiger partial charge in [0, 0.05) is 11.8 Å². The van der Waals surface area contributed by atoms with E-state index in [0.29, 0.717) is 22.9 Å². The third kappa shape index (κ3) is 4.43. The van der Waals surface area contributed by atoms with E-state index in [1.807, 2.05) is 19.1 Å². The fraction of sp³-hybridized carbons (Fsp3) is 0.158. The van der Waals surface area contributed by atoms with Gasteiger partial charge in [0.1, 0.15) is 11.5 Å². The van der Waals surface area contributed by atoms with Crippen molar-refractivity contribution in [2.45, 2.75) is 6.92 Å². The van der Waals surface area contributed by atoms with E-state index in [9.17, 15) is 10.1 Å². The first-order valence-electron chi connectivity index (χ1n) is 8.56. The molecular weight excluding hydrogens is 376 g/mol. The maximum atomic E-state index is 11.5. The minimum Gasteiger partial charge on any atom is -0.497 e. The Labute approximate surface area is 166 Å². The molecule has 0 saturated carbocycles. The van der Waals surface area contributed by atoms with Crippen LogP contribution in [0.25, 0.3) is 0 Å². The van der Waals surface area contributed by atoms with E-state index >= 15 is 0 Å². The van der Waals surface area contributed by atoms with Crippen LogP contribution in [-0.4, -0.2) is 29.1 Å². The molecule has 0 aliphatic rings. The number of nitrogens with one attached hydrogen (secondary N) is 2. The molecule has 0 aliphatic heterocycles. The minimum absolute atomic E-state index is 0.0317. The van der Waals surface area contributed by atoms with Gasteiger partial charge in [-0.15, -0.1) is 0 Å². The van der Waals surface area contributed by atoms with Crippen LogP contribution in [0.4, 0.5) is 34.6 Å². The predicted octanol–water partition coefficient (Wildman–Crippen LogP) is 3.78. The maximum Gasteiger partial charge on any atom is 0.353 e. The lowest BCUT2D eigenvalue weighted by Crippen LogP contribution is -2.09. The lowest BCUT2D eigenvalue weighted by molar-refractivity contribution is -0.383. The number of nitrogen functional groups attached to an aromatic ring is 1. The Balaban J connectivity index is 2.01. The number of nitrogens with two attached hydrogens (primary N) is 1. The summed E-state index contributed by atoms with van der Waals surface area (Å²) < 4.78 is 10.5. The molecule has 3 rings (SSSR count). The number of benzene rings is 2. The summed E-state index contributed by atoms with van der Waals surface area (Å²) in [4.78, 5) is 19.1. The van der Waals surface area contributed by atoms with Gasteiger partial charge in [-0.05, 0) is 31.2 Å². The summed E-state index contributed by atoms with van der Waals surface area (Å²) in [6.45, 7) is 1.94. The molecule has 10 nitrogen and oxygen atoms in total. The Morgan fingerprint density at radius 2 is 1.76 bits per heavy atom. The van der Waals surface area contributed by atoms with E-state index in [1.165, 1.54) is 14.2 Å². The zero-order valence-corrected chi connectivity index (χ0v) is 16.1. The van der Waals surface area contributed by atoms with E-state index < -0.39 is 10.6 Å². The summed E-state index contributed by atoms with van der Waals surface area (Å²) in [5.74, 6) is 0.856. The summed E-state index contributed by atoms with van der Waals surface area (Å²) in [6.07, 6.45) is 0. The topological polar surface area (TPSA) is 137 Å². The Kier molecular flexibility index (Phi) is 5.63. The number of nitro groups is 1. The quantitative estimate of drug-likeness (QED) is 0.402. The van der Waals surface area contributed by atoms with E-state index in [-0.39, 0.29) is 17.6 Å². The smallest absolute Gasteiger partial charge is 0.353 e. The van der Waals surface area contributed by atoms with Crippen molar-refractivity contribution in [3.05, 3.63) is 58.1 Å². The van der Waals surface area contributed by atoms with Crippen molar-refractivity contribution < 1.29 is 14.4 Å². The number of anilines is 5. The molecule has 0 radical (unpaired) electrons. The standard InChI is InChI=1S/C19H20N6O4/c1-11-4-6-12(7-5-11)21-18-16(25(26)27)17(20)23-19(24-18)22-14-10-13(28-2)8-9-15(14)29-3/h4-10H,1-3H3,(H4,20,21,22,23,24). The van der Waals surface area contributed by atoms with Crippen LogP contribution in [0, 0.1) is 17.0 Å². The van der Waals surface area contributed by atoms with Crippen LogP contribution >= 0.6 is 0 Å². The molecule has 0 atom stereocenters. The Hall–Kier alpha value is -4.08. The maximum absolute atomic E-state index is 11.5. The zero-order chi connectivity index (χ0) is 21.0. The highest BCUT2D eigenvalue weighted by Gasteiger charge is 2.24. The highest BCUT2D eigenvalue weighted by Crippen LogP contribution is 2.34. The van der Waals surface area contributed by atoms with E-state index in [2.05, 4.69) is 20.6 Å². The van der Waals surface area contributed by atoms with Crippen LogP contribution in [0.1, 0.15) is 5.56 Å². The third-order valence-electron chi connectivity index (χ3n) is 4.06. The number of rotatable bonds is 7. The molecule has 10 heteroatoms. The van der Waals surface area contributed by atoms with Crippen molar-refractivity contribution in [1.29, 1.82) is 0 Å². The number of aromatic nitrogens is 2. The van der Waals surface area contributed by atoms with Gasteiger partial charge in [-0.2, -0.15) is 9.97 Å². The normalized spacial score (nSPS) is 10.3. The fourth-order valence-corrected chi connectivity index (χ4v) is 2.60. The molecule has 2 aromatic carbocycles. The zero-order valence-electron chi connectivity index (χ0n) is 16.1. The Morgan fingerprint density at radius 3 is 2.38 bits per heavy atom.